The van der Waals surface area contributed by atoms with Crippen LogP contribution in [0.3, 0.4) is 0 Å². The van der Waals surface area contributed by atoms with Crippen molar-refractivity contribution in [3.8, 4) is 11.5 Å². The van der Waals surface area contributed by atoms with Crippen LogP contribution in [0.2, 0.25) is 0 Å². The van der Waals surface area contributed by atoms with Crippen LogP contribution in [0.1, 0.15) is 57.4 Å². The highest BCUT2D eigenvalue weighted by atomic mass is 16.3. The number of hydrogen-bond donors (Lipinski definition) is 2. The van der Waals surface area contributed by atoms with Crippen LogP contribution in [0.5, 0.6) is 11.5 Å². The topological polar surface area (TPSA) is 40.5 Å². The molecule has 0 unspecified atom stereocenters. The normalized spacial score (nSPS) is 10.6. The standard InChI is InChI=1S/C15H24O2/c1-2-3-4-5-6-7-8-10-13-11-9-12-14(16)15(13)17/h9,11-12,16-17H,2-8,10H2,1H3. The van der Waals surface area contributed by atoms with Crippen molar-refractivity contribution in [1.82, 2.24) is 0 Å². The summed E-state index contributed by atoms with van der Waals surface area (Å²) in [5.41, 5.74) is 0.860. The van der Waals surface area contributed by atoms with Crippen molar-refractivity contribution in [1.29, 1.82) is 0 Å². The number of unbranched alkanes of at least 4 members (excludes halogenated alkanes) is 6. The molecule has 1 aromatic carbocycles. The third kappa shape index (κ3) is 5.12. The SMILES string of the molecule is CCCCCCCCCc1cccc(O)c1O. The highest BCUT2D eigenvalue weighted by molar-refractivity contribution is 5.44. The first-order valence-corrected chi connectivity index (χ1v) is 6.75. The molecule has 0 aliphatic rings. The molecule has 2 heteroatoms. The van der Waals surface area contributed by atoms with Crippen LogP contribution < -0.4 is 0 Å². The van der Waals surface area contributed by atoms with E-state index in [4.69, 9.17) is 0 Å². The largest absolute Gasteiger partial charge is 0.504 e. The zero-order valence-corrected chi connectivity index (χ0v) is 10.8. The second-order valence-electron chi connectivity index (χ2n) is 4.66. The Bertz CT molecular complexity index is 321. The number of benzene rings is 1. The maximum atomic E-state index is 9.62. The smallest absolute Gasteiger partial charge is 0.160 e. The minimum absolute atomic E-state index is 0.00885. The molecule has 0 saturated heterocycles. The van der Waals surface area contributed by atoms with Gasteiger partial charge in [0.2, 0.25) is 0 Å². The molecule has 96 valence electrons. The van der Waals surface area contributed by atoms with Crippen molar-refractivity contribution in [2.24, 2.45) is 0 Å². The number of hydrogen-bond acceptors (Lipinski definition) is 2. The van der Waals surface area contributed by atoms with Crippen LogP contribution in [-0.4, -0.2) is 10.2 Å². The summed E-state index contributed by atoms with van der Waals surface area (Å²) in [7, 11) is 0. The molecule has 0 fully saturated rings. The highest BCUT2D eigenvalue weighted by Gasteiger charge is 2.04. The van der Waals surface area contributed by atoms with Crippen molar-refractivity contribution in [2.75, 3.05) is 0 Å². The summed E-state index contributed by atoms with van der Waals surface area (Å²) < 4.78 is 0. The molecule has 0 amide bonds. The van der Waals surface area contributed by atoms with E-state index in [1.54, 1.807) is 6.07 Å². The van der Waals surface area contributed by atoms with Gasteiger partial charge in [-0.3, -0.25) is 0 Å². The first-order chi connectivity index (χ1) is 8.25. The Morgan fingerprint density at radius 2 is 1.53 bits per heavy atom. The fourth-order valence-corrected chi connectivity index (χ4v) is 2.05. The number of rotatable bonds is 8. The Morgan fingerprint density at radius 1 is 0.882 bits per heavy atom. The highest BCUT2D eigenvalue weighted by Crippen LogP contribution is 2.29. The van der Waals surface area contributed by atoms with Crippen LogP contribution in [0.15, 0.2) is 18.2 Å². The average molecular weight is 236 g/mol. The lowest BCUT2D eigenvalue weighted by Gasteiger charge is -2.05. The second kappa shape index (κ2) is 7.99. The van der Waals surface area contributed by atoms with E-state index in [9.17, 15) is 10.2 Å². The molecule has 0 aliphatic heterocycles. The second-order valence-corrected chi connectivity index (χ2v) is 4.66. The summed E-state index contributed by atoms with van der Waals surface area (Å²) in [6.07, 6.45) is 9.72. The summed E-state index contributed by atoms with van der Waals surface area (Å²) in [5, 5.41) is 19.0. The van der Waals surface area contributed by atoms with E-state index in [1.807, 2.05) is 6.07 Å². The molecule has 0 bridgehead atoms. The van der Waals surface area contributed by atoms with E-state index >= 15 is 0 Å². The molecule has 1 aromatic rings. The third-order valence-electron chi connectivity index (χ3n) is 3.15. The Balaban J connectivity index is 2.16. The minimum Gasteiger partial charge on any atom is -0.504 e. The predicted octanol–water partition coefficient (Wildman–Crippen LogP) is 4.39. The van der Waals surface area contributed by atoms with Crippen LogP contribution >= 0.6 is 0 Å². The third-order valence-corrected chi connectivity index (χ3v) is 3.15. The summed E-state index contributed by atoms with van der Waals surface area (Å²) in [4.78, 5) is 0. The number of phenolic OH excluding ortho intramolecular Hbond substituents is 2. The first kappa shape index (κ1) is 13.9. The van der Waals surface area contributed by atoms with Gasteiger partial charge in [-0.1, -0.05) is 57.6 Å². The van der Waals surface area contributed by atoms with Gasteiger partial charge in [-0.15, -0.1) is 0 Å². The Labute approximate surface area is 104 Å². The summed E-state index contributed by atoms with van der Waals surface area (Å²) >= 11 is 0. The maximum Gasteiger partial charge on any atom is 0.160 e. The van der Waals surface area contributed by atoms with Crippen LogP contribution in [0.25, 0.3) is 0 Å². The Morgan fingerprint density at radius 3 is 2.24 bits per heavy atom. The van der Waals surface area contributed by atoms with Crippen LogP contribution in [0, 0.1) is 0 Å². The van der Waals surface area contributed by atoms with Gasteiger partial charge in [0.15, 0.2) is 11.5 Å². The van der Waals surface area contributed by atoms with Crippen LogP contribution in [0.4, 0.5) is 0 Å². The van der Waals surface area contributed by atoms with E-state index in [0.717, 1.165) is 18.4 Å². The van der Waals surface area contributed by atoms with Crippen LogP contribution in [-0.2, 0) is 6.42 Å². The maximum absolute atomic E-state index is 9.62. The minimum atomic E-state index is -0.00885. The zero-order valence-electron chi connectivity index (χ0n) is 10.8. The molecule has 17 heavy (non-hydrogen) atoms. The molecular formula is C15H24O2. The average Bonchev–Trinajstić information content (AvgIpc) is 2.33. The molecule has 1 rings (SSSR count). The molecule has 0 spiro atoms. The number of aryl methyl sites for hydroxylation is 1. The number of para-hydroxylation sites is 1. The molecule has 0 saturated carbocycles. The molecule has 2 N–H and O–H groups in total. The number of phenols is 2. The Kier molecular flexibility index (Phi) is 6.53. The molecule has 2 nitrogen and oxygen atoms in total. The molecule has 0 aliphatic carbocycles. The van der Waals surface area contributed by atoms with E-state index in [0.29, 0.717) is 0 Å². The van der Waals surface area contributed by atoms with Gasteiger partial charge in [0, 0.05) is 0 Å². The number of aromatic hydroxyl groups is 2. The lowest BCUT2D eigenvalue weighted by molar-refractivity contribution is 0.398. The predicted molar refractivity (Wildman–Crippen MR) is 71.5 cm³/mol. The van der Waals surface area contributed by atoms with Gasteiger partial charge in [0.05, 0.1) is 0 Å². The van der Waals surface area contributed by atoms with E-state index in [1.165, 1.54) is 44.6 Å². The van der Waals surface area contributed by atoms with Gasteiger partial charge in [-0.25, -0.2) is 0 Å². The molecule has 0 heterocycles. The van der Waals surface area contributed by atoms with Crippen molar-refractivity contribution in [3.05, 3.63) is 23.8 Å². The fraction of sp³-hybridized carbons (Fsp3) is 0.600. The van der Waals surface area contributed by atoms with Gasteiger partial charge in [0.1, 0.15) is 0 Å². The van der Waals surface area contributed by atoms with E-state index < -0.39 is 0 Å². The molecular weight excluding hydrogens is 212 g/mol. The van der Waals surface area contributed by atoms with Gasteiger partial charge in [-0.05, 0) is 24.5 Å². The van der Waals surface area contributed by atoms with Crippen molar-refractivity contribution in [2.45, 2.75) is 58.3 Å². The lowest BCUT2D eigenvalue weighted by Crippen LogP contribution is -1.87. The molecule has 0 aromatic heterocycles. The van der Waals surface area contributed by atoms with Crippen molar-refractivity contribution in [3.63, 3.8) is 0 Å². The Hall–Kier alpha value is -1.18. The van der Waals surface area contributed by atoms with E-state index in [-0.39, 0.29) is 11.5 Å². The van der Waals surface area contributed by atoms with E-state index in [2.05, 4.69) is 6.92 Å². The lowest BCUT2D eigenvalue weighted by atomic mass is 10.0. The van der Waals surface area contributed by atoms with Gasteiger partial charge >= 0.3 is 0 Å². The van der Waals surface area contributed by atoms with Crippen molar-refractivity contribution < 1.29 is 10.2 Å². The quantitative estimate of drug-likeness (QED) is 0.519. The molecule has 0 radical (unpaired) electrons. The molecule has 0 atom stereocenters. The summed E-state index contributed by atoms with van der Waals surface area (Å²) in [6.45, 7) is 2.23. The first-order valence-electron chi connectivity index (χ1n) is 6.75. The fourth-order valence-electron chi connectivity index (χ4n) is 2.05. The van der Waals surface area contributed by atoms with Gasteiger partial charge in [0.25, 0.3) is 0 Å². The van der Waals surface area contributed by atoms with Crippen molar-refractivity contribution >= 4 is 0 Å². The van der Waals surface area contributed by atoms with Gasteiger partial charge in [-0.2, -0.15) is 0 Å². The zero-order chi connectivity index (χ0) is 12.5. The summed E-state index contributed by atoms with van der Waals surface area (Å²) in [6, 6.07) is 5.18. The summed E-state index contributed by atoms with van der Waals surface area (Å²) in [5.74, 6) is 0.0453. The van der Waals surface area contributed by atoms with Gasteiger partial charge < -0.3 is 10.2 Å². The monoisotopic (exact) mass is 236 g/mol.